The minimum atomic E-state index is -0.128. The number of ether oxygens (including phenoxy) is 1. The molecule has 1 fully saturated rings. The van der Waals surface area contributed by atoms with Crippen molar-refractivity contribution < 1.29 is 9.53 Å². The van der Waals surface area contributed by atoms with Gasteiger partial charge in [0.25, 0.3) is 0 Å². The summed E-state index contributed by atoms with van der Waals surface area (Å²) in [4.78, 5) is 10.9. The lowest BCUT2D eigenvalue weighted by molar-refractivity contribution is -0.140. The molecule has 0 radical (unpaired) electrons. The smallest absolute Gasteiger partial charge is 0.306 e. The van der Waals surface area contributed by atoms with Crippen LogP contribution in [0.4, 0.5) is 0 Å². The Morgan fingerprint density at radius 2 is 2.00 bits per heavy atom. The van der Waals surface area contributed by atoms with Gasteiger partial charge in [-0.2, -0.15) is 0 Å². The summed E-state index contributed by atoms with van der Waals surface area (Å²) in [6, 6.07) is 0. The first-order valence-corrected chi connectivity index (χ1v) is 5.48. The molecule has 1 aliphatic carbocycles. The maximum atomic E-state index is 10.9. The van der Waals surface area contributed by atoms with Crippen molar-refractivity contribution >= 4 is 5.97 Å². The first kappa shape index (κ1) is 11.5. The normalized spacial score (nSPS) is 20.4. The van der Waals surface area contributed by atoms with Crippen LogP contribution in [0.1, 0.15) is 45.4 Å². The average molecular weight is 199 g/mol. The molecule has 0 aromatic carbocycles. The molecule has 1 aliphatic rings. The Hall–Kier alpha value is -0.570. The largest absolute Gasteiger partial charge is 0.469 e. The third-order valence-corrected chi connectivity index (χ3v) is 3.07. The van der Waals surface area contributed by atoms with Crippen LogP contribution in [-0.2, 0) is 9.53 Å². The fourth-order valence-corrected chi connectivity index (χ4v) is 2.08. The van der Waals surface area contributed by atoms with E-state index >= 15 is 0 Å². The van der Waals surface area contributed by atoms with Crippen LogP contribution in [-0.4, -0.2) is 25.2 Å². The number of methoxy groups -OCH3 is 1. The molecular formula is C11H21NO2. The maximum absolute atomic E-state index is 10.9. The predicted molar refractivity (Wildman–Crippen MR) is 56.1 cm³/mol. The Bertz CT molecular complexity index is 186. The minimum absolute atomic E-state index is 0.128. The summed E-state index contributed by atoms with van der Waals surface area (Å²) < 4.78 is 4.59. The van der Waals surface area contributed by atoms with Gasteiger partial charge in [-0.3, -0.25) is 4.79 Å². The van der Waals surface area contributed by atoms with Crippen molar-refractivity contribution in [1.29, 1.82) is 0 Å². The summed E-state index contributed by atoms with van der Waals surface area (Å²) in [7, 11) is 1.44. The van der Waals surface area contributed by atoms with Crippen molar-refractivity contribution in [2.45, 2.75) is 51.0 Å². The van der Waals surface area contributed by atoms with Gasteiger partial charge in [0.1, 0.15) is 0 Å². The van der Waals surface area contributed by atoms with E-state index in [0.29, 0.717) is 6.42 Å². The highest BCUT2D eigenvalue weighted by molar-refractivity contribution is 5.69. The van der Waals surface area contributed by atoms with E-state index in [2.05, 4.69) is 17.0 Å². The fraction of sp³-hybridized carbons (Fsp3) is 0.909. The van der Waals surface area contributed by atoms with Crippen molar-refractivity contribution in [2.24, 2.45) is 0 Å². The second kappa shape index (κ2) is 5.35. The second-order valence-corrected chi connectivity index (χ2v) is 4.37. The summed E-state index contributed by atoms with van der Waals surface area (Å²) in [6.07, 6.45) is 6.91. The summed E-state index contributed by atoms with van der Waals surface area (Å²) in [6.45, 7) is 2.99. The fourth-order valence-electron chi connectivity index (χ4n) is 2.08. The molecule has 0 saturated heterocycles. The quantitative estimate of drug-likeness (QED) is 0.702. The van der Waals surface area contributed by atoms with Crippen LogP contribution in [0.2, 0.25) is 0 Å². The number of rotatable bonds is 4. The summed E-state index contributed by atoms with van der Waals surface area (Å²) >= 11 is 0. The monoisotopic (exact) mass is 199 g/mol. The van der Waals surface area contributed by atoms with Gasteiger partial charge in [-0.1, -0.05) is 19.3 Å². The molecule has 3 heteroatoms. The lowest BCUT2D eigenvalue weighted by Gasteiger charge is -2.34. The molecule has 0 aromatic heterocycles. The molecule has 0 aromatic rings. The summed E-state index contributed by atoms with van der Waals surface area (Å²) in [5.41, 5.74) is 0.256. The molecule has 0 amide bonds. The summed E-state index contributed by atoms with van der Waals surface area (Å²) in [5.74, 6) is -0.128. The molecule has 14 heavy (non-hydrogen) atoms. The Balaban J connectivity index is 2.18. The van der Waals surface area contributed by atoms with E-state index in [-0.39, 0.29) is 11.5 Å². The zero-order chi connectivity index (χ0) is 10.4. The van der Waals surface area contributed by atoms with Crippen molar-refractivity contribution in [1.82, 2.24) is 5.32 Å². The van der Waals surface area contributed by atoms with Gasteiger partial charge in [-0.15, -0.1) is 0 Å². The summed E-state index contributed by atoms with van der Waals surface area (Å²) in [5, 5.41) is 3.46. The molecule has 0 aliphatic heterocycles. The first-order chi connectivity index (χ1) is 6.66. The lowest BCUT2D eigenvalue weighted by atomic mass is 9.83. The Morgan fingerprint density at radius 3 is 2.57 bits per heavy atom. The predicted octanol–water partition coefficient (Wildman–Crippen LogP) is 1.86. The van der Waals surface area contributed by atoms with Crippen LogP contribution >= 0.6 is 0 Å². The Morgan fingerprint density at radius 1 is 1.36 bits per heavy atom. The van der Waals surface area contributed by atoms with E-state index in [1.54, 1.807) is 0 Å². The van der Waals surface area contributed by atoms with E-state index in [1.807, 2.05) is 0 Å². The molecule has 0 unspecified atom stereocenters. The number of hydrogen-bond donors (Lipinski definition) is 1. The zero-order valence-corrected chi connectivity index (χ0v) is 9.27. The molecule has 3 nitrogen and oxygen atoms in total. The van der Waals surface area contributed by atoms with E-state index in [1.165, 1.54) is 39.2 Å². The van der Waals surface area contributed by atoms with Gasteiger partial charge in [0.15, 0.2) is 0 Å². The number of hydrogen-bond acceptors (Lipinski definition) is 3. The highest BCUT2D eigenvalue weighted by atomic mass is 16.5. The van der Waals surface area contributed by atoms with E-state index in [4.69, 9.17) is 0 Å². The minimum Gasteiger partial charge on any atom is -0.469 e. The second-order valence-electron chi connectivity index (χ2n) is 4.37. The molecule has 0 heterocycles. The van der Waals surface area contributed by atoms with Crippen molar-refractivity contribution in [3.63, 3.8) is 0 Å². The van der Waals surface area contributed by atoms with E-state index < -0.39 is 0 Å². The van der Waals surface area contributed by atoms with Crippen LogP contribution in [0, 0.1) is 0 Å². The molecule has 82 valence electrons. The van der Waals surface area contributed by atoms with E-state index in [9.17, 15) is 4.79 Å². The van der Waals surface area contributed by atoms with Crippen LogP contribution in [0.3, 0.4) is 0 Å². The van der Waals surface area contributed by atoms with Gasteiger partial charge < -0.3 is 10.1 Å². The van der Waals surface area contributed by atoms with Gasteiger partial charge in [0, 0.05) is 12.1 Å². The highest BCUT2D eigenvalue weighted by Gasteiger charge is 2.25. The van der Waals surface area contributed by atoms with Crippen molar-refractivity contribution in [3.8, 4) is 0 Å². The number of esters is 1. The third-order valence-electron chi connectivity index (χ3n) is 3.07. The van der Waals surface area contributed by atoms with Crippen LogP contribution in [0.25, 0.3) is 0 Å². The van der Waals surface area contributed by atoms with Crippen molar-refractivity contribution in [2.75, 3.05) is 13.7 Å². The van der Waals surface area contributed by atoms with Gasteiger partial charge in [-0.25, -0.2) is 0 Å². The molecule has 1 saturated carbocycles. The molecule has 1 N–H and O–H groups in total. The van der Waals surface area contributed by atoms with Crippen LogP contribution in [0.5, 0.6) is 0 Å². The Labute approximate surface area is 86.2 Å². The number of nitrogens with one attached hydrogen (secondary N) is 1. The zero-order valence-electron chi connectivity index (χ0n) is 9.27. The molecule has 0 spiro atoms. The van der Waals surface area contributed by atoms with Crippen LogP contribution in [0.15, 0.2) is 0 Å². The maximum Gasteiger partial charge on any atom is 0.306 e. The number of carbonyl (C=O) groups excluding carboxylic acids is 1. The molecule has 0 atom stereocenters. The first-order valence-electron chi connectivity index (χ1n) is 5.48. The topological polar surface area (TPSA) is 38.3 Å². The van der Waals surface area contributed by atoms with Gasteiger partial charge >= 0.3 is 5.97 Å². The van der Waals surface area contributed by atoms with E-state index in [0.717, 1.165) is 6.54 Å². The molecular weight excluding hydrogens is 178 g/mol. The van der Waals surface area contributed by atoms with Crippen LogP contribution < -0.4 is 5.32 Å². The number of carbonyl (C=O) groups is 1. The highest BCUT2D eigenvalue weighted by Crippen LogP contribution is 2.27. The van der Waals surface area contributed by atoms with Gasteiger partial charge in [0.2, 0.25) is 0 Å². The van der Waals surface area contributed by atoms with Crippen molar-refractivity contribution in [3.05, 3.63) is 0 Å². The van der Waals surface area contributed by atoms with Gasteiger partial charge in [-0.05, 0) is 19.8 Å². The molecule has 0 bridgehead atoms. The van der Waals surface area contributed by atoms with Gasteiger partial charge in [0.05, 0.1) is 13.5 Å². The standard InChI is InChI=1S/C11H21NO2/c1-11(7-4-3-5-8-11)12-9-6-10(13)14-2/h12H,3-9H2,1-2H3. The SMILES string of the molecule is COC(=O)CCNC1(C)CCCCC1. The lowest BCUT2D eigenvalue weighted by Crippen LogP contribution is -2.44. The Kier molecular flexibility index (Phi) is 4.39. The third kappa shape index (κ3) is 3.66. The average Bonchev–Trinajstić information content (AvgIpc) is 2.18. The molecule has 1 rings (SSSR count).